The van der Waals surface area contributed by atoms with Crippen molar-refractivity contribution in [3.05, 3.63) is 42.5 Å². The van der Waals surface area contributed by atoms with Crippen molar-refractivity contribution in [3.8, 4) is 5.75 Å². The largest absolute Gasteiger partial charge is 0.492 e. The van der Waals surface area contributed by atoms with E-state index in [4.69, 9.17) is 14.2 Å². The van der Waals surface area contributed by atoms with Gasteiger partial charge in [-0.3, -0.25) is 4.79 Å². The molecule has 0 aliphatic rings. The van der Waals surface area contributed by atoms with Gasteiger partial charge in [0.15, 0.2) is 12.7 Å². The van der Waals surface area contributed by atoms with Crippen molar-refractivity contribution < 1.29 is 23.8 Å². The van der Waals surface area contributed by atoms with E-state index in [9.17, 15) is 9.59 Å². The predicted octanol–water partition coefficient (Wildman–Crippen LogP) is 2.44. The van der Waals surface area contributed by atoms with E-state index in [-0.39, 0.29) is 19.1 Å². The Hall–Kier alpha value is -2.34. The van der Waals surface area contributed by atoms with Gasteiger partial charge in [0.25, 0.3) is 5.91 Å². The molecule has 0 heterocycles. The van der Waals surface area contributed by atoms with Crippen LogP contribution in [0.15, 0.2) is 36.9 Å². The Kier molecular flexibility index (Phi) is 9.32. The van der Waals surface area contributed by atoms with E-state index in [0.717, 1.165) is 5.75 Å². The molecule has 1 N–H and O–H groups in total. The topological polar surface area (TPSA) is 73.9 Å². The lowest BCUT2D eigenvalue weighted by Crippen LogP contribution is -2.34. The molecule has 0 saturated carbocycles. The van der Waals surface area contributed by atoms with Gasteiger partial charge in [0.05, 0.1) is 13.2 Å². The summed E-state index contributed by atoms with van der Waals surface area (Å²) in [5, 5.41) is 2.62. The Labute approximate surface area is 149 Å². The molecular weight excluding hydrogens is 322 g/mol. The van der Waals surface area contributed by atoms with Crippen molar-refractivity contribution in [2.24, 2.45) is 0 Å². The Bertz CT molecular complexity index is 553. The monoisotopic (exact) mass is 349 g/mol. The highest BCUT2D eigenvalue weighted by Crippen LogP contribution is 2.18. The highest BCUT2D eigenvalue weighted by atomic mass is 16.6. The minimum absolute atomic E-state index is 0.248. The average molecular weight is 349 g/mol. The third-order valence-corrected chi connectivity index (χ3v) is 3.38. The van der Waals surface area contributed by atoms with Gasteiger partial charge in [-0.1, -0.05) is 32.1 Å². The summed E-state index contributed by atoms with van der Waals surface area (Å²) >= 11 is 0. The zero-order valence-electron chi connectivity index (χ0n) is 15.1. The molecule has 1 amide bonds. The zero-order chi connectivity index (χ0) is 18.7. The quantitative estimate of drug-likeness (QED) is 0.377. The van der Waals surface area contributed by atoms with Crippen LogP contribution < -0.4 is 10.1 Å². The summed E-state index contributed by atoms with van der Waals surface area (Å²) in [6, 6.07) is 7.86. The van der Waals surface area contributed by atoms with E-state index in [2.05, 4.69) is 25.7 Å². The van der Waals surface area contributed by atoms with E-state index in [1.807, 2.05) is 24.3 Å². The minimum atomic E-state index is -0.733. The predicted molar refractivity (Wildman–Crippen MR) is 95.6 cm³/mol. The lowest BCUT2D eigenvalue weighted by atomic mass is 10.0. The van der Waals surface area contributed by atoms with Crippen molar-refractivity contribution in [2.75, 3.05) is 26.4 Å². The second kappa shape index (κ2) is 11.3. The molecule has 0 fully saturated rings. The van der Waals surface area contributed by atoms with Crippen LogP contribution in [0.3, 0.4) is 0 Å². The second-order valence-electron chi connectivity index (χ2n) is 5.79. The van der Waals surface area contributed by atoms with Gasteiger partial charge in [0, 0.05) is 0 Å². The molecule has 0 radical (unpaired) electrons. The Morgan fingerprint density at radius 3 is 2.48 bits per heavy atom. The number of hydrogen-bond acceptors (Lipinski definition) is 5. The van der Waals surface area contributed by atoms with Gasteiger partial charge in [-0.15, -0.1) is 6.58 Å². The van der Waals surface area contributed by atoms with E-state index in [0.29, 0.717) is 19.1 Å². The number of nitrogens with one attached hydrogen (secondary N) is 1. The lowest BCUT2D eigenvalue weighted by molar-refractivity contribution is -0.158. The second-order valence-corrected chi connectivity index (χ2v) is 5.79. The molecule has 0 aromatic heterocycles. The zero-order valence-corrected chi connectivity index (χ0v) is 15.1. The SMILES string of the molecule is C=CCOC(C)C(=O)OCC(=O)NCCOc1ccc(C(C)C)cc1. The molecule has 0 aliphatic carbocycles. The summed E-state index contributed by atoms with van der Waals surface area (Å²) in [6.45, 7) is 9.87. The molecule has 1 aromatic carbocycles. The summed E-state index contributed by atoms with van der Waals surface area (Å²) in [5.41, 5.74) is 1.24. The number of amides is 1. The van der Waals surface area contributed by atoms with E-state index < -0.39 is 12.1 Å². The fraction of sp³-hybridized carbons (Fsp3) is 0.474. The van der Waals surface area contributed by atoms with Gasteiger partial charge in [-0.2, -0.15) is 0 Å². The number of benzene rings is 1. The van der Waals surface area contributed by atoms with E-state index in [1.165, 1.54) is 11.6 Å². The molecule has 0 aliphatic heterocycles. The molecule has 25 heavy (non-hydrogen) atoms. The maximum atomic E-state index is 11.6. The highest BCUT2D eigenvalue weighted by molar-refractivity contribution is 5.81. The number of carbonyl (C=O) groups excluding carboxylic acids is 2. The molecule has 0 spiro atoms. The number of hydrogen-bond donors (Lipinski definition) is 1. The maximum Gasteiger partial charge on any atom is 0.335 e. The number of esters is 1. The Morgan fingerprint density at radius 2 is 1.88 bits per heavy atom. The van der Waals surface area contributed by atoms with Gasteiger partial charge in [-0.05, 0) is 30.5 Å². The van der Waals surface area contributed by atoms with E-state index >= 15 is 0 Å². The van der Waals surface area contributed by atoms with Crippen LogP contribution in [0.2, 0.25) is 0 Å². The van der Waals surface area contributed by atoms with Crippen molar-refractivity contribution in [3.63, 3.8) is 0 Å². The number of ether oxygens (including phenoxy) is 3. The molecule has 1 aromatic rings. The van der Waals surface area contributed by atoms with Crippen LogP contribution in [0.25, 0.3) is 0 Å². The molecule has 0 saturated heterocycles. The third-order valence-electron chi connectivity index (χ3n) is 3.38. The van der Waals surface area contributed by atoms with Crippen molar-refractivity contribution >= 4 is 11.9 Å². The van der Waals surface area contributed by atoms with Gasteiger partial charge in [-0.25, -0.2) is 4.79 Å². The first kappa shape index (κ1) is 20.7. The van der Waals surface area contributed by atoms with Gasteiger partial charge < -0.3 is 19.5 Å². The fourth-order valence-corrected chi connectivity index (χ4v) is 1.89. The smallest absolute Gasteiger partial charge is 0.335 e. The third kappa shape index (κ3) is 8.35. The van der Waals surface area contributed by atoms with Crippen LogP contribution in [0.5, 0.6) is 5.75 Å². The highest BCUT2D eigenvalue weighted by Gasteiger charge is 2.15. The molecule has 6 heteroatoms. The van der Waals surface area contributed by atoms with Crippen LogP contribution >= 0.6 is 0 Å². The summed E-state index contributed by atoms with van der Waals surface area (Å²) in [7, 11) is 0. The van der Waals surface area contributed by atoms with Crippen LogP contribution in [-0.4, -0.2) is 44.3 Å². The van der Waals surface area contributed by atoms with Crippen LogP contribution in [0.4, 0.5) is 0 Å². The van der Waals surface area contributed by atoms with Crippen LogP contribution in [-0.2, 0) is 19.1 Å². The van der Waals surface area contributed by atoms with Crippen molar-refractivity contribution in [2.45, 2.75) is 32.8 Å². The maximum absolute atomic E-state index is 11.6. The van der Waals surface area contributed by atoms with E-state index in [1.54, 1.807) is 6.92 Å². The molecule has 1 atom stereocenters. The summed E-state index contributed by atoms with van der Waals surface area (Å²) < 4.78 is 15.5. The standard InChI is InChI=1S/C19H27NO5/c1-5-11-23-15(4)19(22)25-13-18(21)20-10-12-24-17-8-6-16(7-9-17)14(2)3/h5-9,14-15H,1,10-13H2,2-4H3,(H,20,21). The minimum Gasteiger partial charge on any atom is -0.492 e. The molecule has 0 bridgehead atoms. The average Bonchev–Trinajstić information content (AvgIpc) is 2.61. The molecule has 138 valence electrons. The molecule has 1 rings (SSSR count). The molecule has 1 unspecified atom stereocenters. The first-order valence-electron chi connectivity index (χ1n) is 8.32. The van der Waals surface area contributed by atoms with Crippen LogP contribution in [0.1, 0.15) is 32.3 Å². The van der Waals surface area contributed by atoms with Gasteiger partial charge in [0.2, 0.25) is 0 Å². The lowest BCUT2D eigenvalue weighted by Gasteiger charge is -2.12. The van der Waals surface area contributed by atoms with Crippen molar-refractivity contribution in [1.29, 1.82) is 0 Å². The Morgan fingerprint density at radius 1 is 1.20 bits per heavy atom. The Balaban J connectivity index is 2.18. The van der Waals surface area contributed by atoms with Crippen LogP contribution in [0, 0.1) is 0 Å². The fourth-order valence-electron chi connectivity index (χ4n) is 1.89. The first-order valence-corrected chi connectivity index (χ1v) is 8.32. The van der Waals surface area contributed by atoms with Gasteiger partial charge >= 0.3 is 5.97 Å². The number of carbonyl (C=O) groups is 2. The first-order chi connectivity index (χ1) is 11.9. The molecule has 6 nitrogen and oxygen atoms in total. The van der Waals surface area contributed by atoms with Crippen molar-refractivity contribution in [1.82, 2.24) is 5.32 Å². The number of rotatable bonds is 11. The van der Waals surface area contributed by atoms with Gasteiger partial charge in [0.1, 0.15) is 12.4 Å². The summed E-state index contributed by atoms with van der Waals surface area (Å²) in [5.74, 6) is 0.251. The summed E-state index contributed by atoms with van der Waals surface area (Å²) in [4.78, 5) is 23.2. The normalized spacial score (nSPS) is 11.7. The summed E-state index contributed by atoms with van der Waals surface area (Å²) in [6.07, 6.45) is 0.801. The molecular formula is C19H27NO5.